The van der Waals surface area contributed by atoms with Gasteiger partial charge in [0.05, 0.1) is 17.2 Å². The Bertz CT molecular complexity index is 1320. The van der Waals surface area contributed by atoms with Crippen LogP contribution in [0.4, 0.5) is 17.1 Å². The maximum Gasteiger partial charge on any atom is 0.252 e. The van der Waals surface area contributed by atoms with E-state index >= 15 is 0 Å². The fourth-order valence-electron chi connectivity index (χ4n) is 3.19. The second-order valence-corrected chi connectivity index (χ2v) is 7.03. The first-order chi connectivity index (χ1) is 14.5. The van der Waals surface area contributed by atoms with E-state index in [1.54, 1.807) is 23.7 Å². The van der Waals surface area contributed by atoms with Crippen molar-refractivity contribution in [3.05, 3.63) is 69.8 Å². The summed E-state index contributed by atoms with van der Waals surface area (Å²) in [4.78, 5) is 20.5. The van der Waals surface area contributed by atoms with E-state index in [4.69, 9.17) is 11.6 Å². The van der Waals surface area contributed by atoms with Crippen LogP contribution in [0.5, 0.6) is 0 Å². The first-order valence-electron chi connectivity index (χ1n) is 9.05. The van der Waals surface area contributed by atoms with Gasteiger partial charge in [-0.2, -0.15) is 10.4 Å². The van der Waals surface area contributed by atoms with E-state index in [9.17, 15) is 10.1 Å². The van der Waals surface area contributed by atoms with E-state index in [1.807, 2.05) is 25.1 Å². The third-order valence-electron chi connectivity index (χ3n) is 4.73. The molecule has 0 saturated carbocycles. The van der Waals surface area contributed by atoms with Crippen molar-refractivity contribution < 1.29 is 0 Å². The van der Waals surface area contributed by atoms with Gasteiger partial charge in [0.1, 0.15) is 23.1 Å². The fourth-order valence-corrected chi connectivity index (χ4v) is 3.39. The van der Waals surface area contributed by atoms with Crippen LogP contribution in [0.15, 0.2) is 47.7 Å². The summed E-state index contributed by atoms with van der Waals surface area (Å²) >= 11 is 6.02. The molecule has 1 unspecified atom stereocenters. The molecule has 30 heavy (non-hydrogen) atoms. The Labute approximate surface area is 176 Å². The third kappa shape index (κ3) is 3.56. The molecule has 0 amide bonds. The molecular formula is C20H17ClN8O. The molecule has 0 spiro atoms. The molecule has 0 aliphatic rings. The predicted molar refractivity (Wildman–Crippen MR) is 115 cm³/mol. The molecule has 0 aliphatic heterocycles. The van der Waals surface area contributed by atoms with E-state index in [-0.39, 0.29) is 22.3 Å². The normalized spacial score (nSPS) is 11.8. The molecule has 0 radical (unpaired) electrons. The highest BCUT2D eigenvalue weighted by Gasteiger charge is 2.14. The standard InChI is InChI=1S/C20H17ClN8O/c1-11(20-24-10-25-28-20)26-16-8-18(30)29(2)17-4-3-12(7-13(16)17)27-15-5-6-23-19(21)14(15)9-22/h3-8,10-11,26H,1-2H3,(H,23,27)(H,24,25,28). The van der Waals surface area contributed by atoms with Gasteiger partial charge in [-0.1, -0.05) is 11.6 Å². The molecule has 0 fully saturated rings. The number of pyridine rings is 2. The maximum atomic E-state index is 12.4. The van der Waals surface area contributed by atoms with Crippen molar-refractivity contribution in [1.29, 1.82) is 5.26 Å². The third-order valence-corrected chi connectivity index (χ3v) is 5.02. The smallest absolute Gasteiger partial charge is 0.252 e. The van der Waals surface area contributed by atoms with Crippen molar-refractivity contribution in [2.75, 3.05) is 10.6 Å². The van der Waals surface area contributed by atoms with E-state index < -0.39 is 0 Å². The summed E-state index contributed by atoms with van der Waals surface area (Å²) < 4.78 is 1.58. The van der Waals surface area contributed by atoms with Gasteiger partial charge in [0, 0.05) is 36.1 Å². The summed E-state index contributed by atoms with van der Waals surface area (Å²) in [5, 5.41) is 23.6. The van der Waals surface area contributed by atoms with Crippen molar-refractivity contribution in [1.82, 2.24) is 24.7 Å². The number of nitrogens with one attached hydrogen (secondary N) is 3. The molecule has 4 rings (SSSR count). The number of benzene rings is 1. The van der Waals surface area contributed by atoms with E-state index in [1.165, 1.54) is 12.5 Å². The molecule has 3 aromatic heterocycles. The lowest BCUT2D eigenvalue weighted by Gasteiger charge is -2.17. The number of aryl methyl sites for hydroxylation is 1. The highest BCUT2D eigenvalue weighted by Crippen LogP contribution is 2.30. The number of aromatic nitrogens is 5. The average molecular weight is 421 g/mol. The average Bonchev–Trinajstić information content (AvgIpc) is 3.27. The highest BCUT2D eigenvalue weighted by atomic mass is 35.5. The Morgan fingerprint density at radius 2 is 2.07 bits per heavy atom. The lowest BCUT2D eigenvalue weighted by Crippen LogP contribution is -2.18. The van der Waals surface area contributed by atoms with Gasteiger partial charge in [0.15, 0.2) is 5.82 Å². The first-order valence-corrected chi connectivity index (χ1v) is 9.43. The number of nitrogens with zero attached hydrogens (tertiary/aromatic N) is 5. The summed E-state index contributed by atoms with van der Waals surface area (Å²) in [6, 6.07) is 10.6. The predicted octanol–water partition coefficient (Wildman–Crippen LogP) is 3.49. The summed E-state index contributed by atoms with van der Waals surface area (Å²) in [6.45, 7) is 1.91. The Hall–Kier alpha value is -3.90. The van der Waals surface area contributed by atoms with Crippen molar-refractivity contribution in [2.45, 2.75) is 13.0 Å². The van der Waals surface area contributed by atoms with Gasteiger partial charge in [-0.15, -0.1) is 0 Å². The number of hydrogen-bond acceptors (Lipinski definition) is 7. The Kier molecular flexibility index (Phi) is 5.08. The fraction of sp³-hybridized carbons (Fsp3) is 0.150. The number of halogens is 1. The summed E-state index contributed by atoms with van der Waals surface area (Å²) in [7, 11) is 1.72. The zero-order chi connectivity index (χ0) is 21.3. The van der Waals surface area contributed by atoms with E-state index in [0.29, 0.717) is 17.2 Å². The molecule has 0 bridgehead atoms. The van der Waals surface area contributed by atoms with Gasteiger partial charge >= 0.3 is 0 Å². The molecule has 1 atom stereocenters. The Morgan fingerprint density at radius 1 is 1.23 bits per heavy atom. The minimum absolute atomic E-state index is 0.133. The van der Waals surface area contributed by atoms with Crippen molar-refractivity contribution >= 4 is 39.6 Å². The SMILES string of the molecule is CC(Nc1cc(=O)n(C)c2ccc(Nc3ccnc(Cl)c3C#N)cc12)c1nc[nH]n1. The number of nitriles is 1. The molecule has 1 aromatic carbocycles. The minimum atomic E-state index is -0.215. The maximum absolute atomic E-state index is 12.4. The van der Waals surface area contributed by atoms with Crippen LogP contribution in [0.3, 0.4) is 0 Å². The minimum Gasteiger partial charge on any atom is -0.375 e. The Balaban J connectivity index is 1.78. The van der Waals surface area contributed by atoms with Gasteiger partial charge in [0.25, 0.3) is 5.56 Å². The van der Waals surface area contributed by atoms with Crippen LogP contribution in [0.1, 0.15) is 24.4 Å². The number of rotatable bonds is 5. The van der Waals surface area contributed by atoms with Crippen molar-refractivity contribution in [2.24, 2.45) is 7.05 Å². The number of aromatic amines is 1. The van der Waals surface area contributed by atoms with Crippen LogP contribution in [0.2, 0.25) is 5.15 Å². The van der Waals surface area contributed by atoms with Gasteiger partial charge in [-0.3, -0.25) is 9.89 Å². The second-order valence-electron chi connectivity index (χ2n) is 6.67. The number of fused-ring (bicyclic) bond motifs is 1. The van der Waals surface area contributed by atoms with Gasteiger partial charge in [-0.25, -0.2) is 9.97 Å². The van der Waals surface area contributed by atoms with Crippen LogP contribution in [0.25, 0.3) is 10.9 Å². The molecule has 150 valence electrons. The summed E-state index contributed by atoms with van der Waals surface area (Å²) in [6.07, 6.45) is 3.03. The molecule has 4 aromatic rings. The van der Waals surface area contributed by atoms with E-state index in [2.05, 4.69) is 36.9 Å². The van der Waals surface area contributed by atoms with Crippen LogP contribution in [-0.2, 0) is 7.05 Å². The molecule has 0 aliphatic carbocycles. The molecule has 9 nitrogen and oxygen atoms in total. The van der Waals surface area contributed by atoms with Crippen LogP contribution in [0, 0.1) is 11.3 Å². The molecular weight excluding hydrogens is 404 g/mol. The largest absolute Gasteiger partial charge is 0.375 e. The topological polar surface area (TPSA) is 124 Å². The molecule has 0 saturated heterocycles. The lowest BCUT2D eigenvalue weighted by molar-refractivity contribution is 0.795. The zero-order valence-corrected chi connectivity index (χ0v) is 16.9. The molecule has 10 heteroatoms. The number of H-pyrrole nitrogens is 1. The second kappa shape index (κ2) is 7.85. The van der Waals surface area contributed by atoms with E-state index in [0.717, 1.165) is 16.6 Å². The van der Waals surface area contributed by atoms with Crippen LogP contribution < -0.4 is 16.2 Å². The quantitative estimate of drug-likeness (QED) is 0.422. The number of hydrogen-bond donors (Lipinski definition) is 3. The lowest BCUT2D eigenvalue weighted by atomic mass is 10.1. The van der Waals surface area contributed by atoms with Crippen LogP contribution in [-0.4, -0.2) is 24.7 Å². The first kappa shape index (κ1) is 19.4. The zero-order valence-electron chi connectivity index (χ0n) is 16.1. The summed E-state index contributed by atoms with van der Waals surface area (Å²) in [5.41, 5.74) is 2.81. The molecule has 3 N–H and O–H groups in total. The van der Waals surface area contributed by atoms with Gasteiger partial charge in [-0.05, 0) is 31.2 Å². The van der Waals surface area contributed by atoms with Crippen LogP contribution >= 0.6 is 11.6 Å². The Morgan fingerprint density at radius 3 is 2.80 bits per heavy atom. The summed E-state index contributed by atoms with van der Waals surface area (Å²) in [5.74, 6) is 0.586. The molecule has 3 heterocycles. The van der Waals surface area contributed by atoms with Gasteiger partial charge < -0.3 is 15.2 Å². The number of anilines is 3. The van der Waals surface area contributed by atoms with Gasteiger partial charge in [0.2, 0.25) is 0 Å². The van der Waals surface area contributed by atoms with Crippen molar-refractivity contribution in [3.63, 3.8) is 0 Å². The monoisotopic (exact) mass is 420 g/mol. The van der Waals surface area contributed by atoms with Crippen molar-refractivity contribution in [3.8, 4) is 6.07 Å². The highest BCUT2D eigenvalue weighted by molar-refractivity contribution is 6.31.